The van der Waals surface area contributed by atoms with Gasteiger partial charge >= 0.3 is 0 Å². The summed E-state index contributed by atoms with van der Waals surface area (Å²) in [5.41, 5.74) is 1.48. The van der Waals surface area contributed by atoms with E-state index >= 15 is 0 Å². The van der Waals surface area contributed by atoms with Crippen molar-refractivity contribution in [3.63, 3.8) is 0 Å². The number of carbonyl (C=O) groups excluding carboxylic acids is 2. The predicted molar refractivity (Wildman–Crippen MR) is 77.4 cm³/mol. The number of methoxy groups -OCH3 is 2. The van der Waals surface area contributed by atoms with E-state index in [1.54, 1.807) is 49.6 Å². The molecule has 0 spiro atoms. The molecule has 1 aliphatic rings. The lowest BCUT2D eigenvalue weighted by molar-refractivity contribution is 0.0888. The Balaban J connectivity index is 2.14. The minimum Gasteiger partial charge on any atom is -0.497 e. The minimum absolute atomic E-state index is 0.192. The molecule has 0 saturated carbocycles. The number of ketones is 2. The van der Waals surface area contributed by atoms with Gasteiger partial charge in [-0.2, -0.15) is 0 Å². The molecule has 1 aliphatic carbocycles. The zero-order chi connectivity index (χ0) is 15.0. The molecule has 4 nitrogen and oxygen atoms in total. The number of ether oxygens (including phenoxy) is 2. The summed E-state index contributed by atoms with van der Waals surface area (Å²) in [5.74, 6) is -0.144. The normalized spacial score (nSPS) is 14.2. The second kappa shape index (κ2) is 5.05. The van der Waals surface area contributed by atoms with E-state index in [0.29, 0.717) is 28.2 Å². The summed E-state index contributed by atoms with van der Waals surface area (Å²) >= 11 is 0. The van der Waals surface area contributed by atoms with Crippen molar-refractivity contribution in [1.29, 1.82) is 0 Å². The van der Waals surface area contributed by atoms with Gasteiger partial charge in [-0.3, -0.25) is 9.59 Å². The number of carbonyl (C=O) groups is 2. The minimum atomic E-state index is -0.854. The van der Waals surface area contributed by atoms with Gasteiger partial charge in [-0.05, 0) is 18.2 Å². The molecule has 0 N–H and O–H groups in total. The van der Waals surface area contributed by atoms with Crippen molar-refractivity contribution in [3.8, 4) is 11.5 Å². The highest BCUT2D eigenvalue weighted by Crippen LogP contribution is 2.39. The van der Waals surface area contributed by atoms with E-state index in [-0.39, 0.29) is 11.6 Å². The molecule has 0 atom stereocenters. The van der Waals surface area contributed by atoms with Crippen LogP contribution in [0.4, 0.5) is 0 Å². The van der Waals surface area contributed by atoms with E-state index in [1.807, 2.05) is 0 Å². The smallest absolute Gasteiger partial charge is 0.178 e. The lowest BCUT2D eigenvalue weighted by Crippen LogP contribution is -2.14. The first-order valence-electron chi connectivity index (χ1n) is 6.56. The van der Waals surface area contributed by atoms with Gasteiger partial charge in [-0.15, -0.1) is 0 Å². The van der Waals surface area contributed by atoms with Crippen LogP contribution in [0.15, 0.2) is 42.5 Å². The van der Waals surface area contributed by atoms with Crippen LogP contribution in [0.2, 0.25) is 0 Å². The van der Waals surface area contributed by atoms with Gasteiger partial charge in [0, 0.05) is 16.7 Å². The Labute approximate surface area is 122 Å². The first-order chi connectivity index (χ1) is 10.2. The Kier molecular flexibility index (Phi) is 3.22. The number of fused-ring (bicyclic) bond motifs is 1. The summed E-state index contributed by atoms with van der Waals surface area (Å²) < 4.78 is 10.5. The van der Waals surface area contributed by atoms with Crippen LogP contribution in [0.3, 0.4) is 0 Å². The third-order valence-electron chi connectivity index (χ3n) is 3.73. The lowest BCUT2D eigenvalue weighted by Gasteiger charge is -2.14. The van der Waals surface area contributed by atoms with E-state index in [4.69, 9.17) is 9.47 Å². The maximum absolute atomic E-state index is 12.6. The van der Waals surface area contributed by atoms with Crippen molar-refractivity contribution in [2.24, 2.45) is 0 Å². The summed E-state index contributed by atoms with van der Waals surface area (Å²) in [6.07, 6.45) is 0. The summed E-state index contributed by atoms with van der Waals surface area (Å²) in [7, 11) is 3.06. The van der Waals surface area contributed by atoms with Crippen molar-refractivity contribution in [2.75, 3.05) is 14.2 Å². The summed E-state index contributed by atoms with van der Waals surface area (Å²) in [4.78, 5) is 25.1. The van der Waals surface area contributed by atoms with Gasteiger partial charge in [0.1, 0.15) is 17.4 Å². The average molecular weight is 282 g/mol. The number of Topliss-reactive ketones (excluding diaryl/α,β-unsaturated/α-hetero) is 2. The number of rotatable bonds is 3. The van der Waals surface area contributed by atoms with Crippen LogP contribution in [0.1, 0.15) is 32.2 Å². The second-order valence-corrected chi connectivity index (χ2v) is 4.81. The molecule has 0 aliphatic heterocycles. The SMILES string of the molecule is COc1ccc(OC)c(C2C(=O)c3ccccc3C2=O)c1. The molecule has 0 fully saturated rings. The quantitative estimate of drug-likeness (QED) is 0.812. The summed E-state index contributed by atoms with van der Waals surface area (Å²) in [6, 6.07) is 12.0. The fraction of sp³-hybridized carbons (Fsp3) is 0.176. The maximum atomic E-state index is 12.6. The van der Waals surface area contributed by atoms with E-state index < -0.39 is 5.92 Å². The van der Waals surface area contributed by atoms with Gasteiger partial charge in [-0.25, -0.2) is 0 Å². The first-order valence-corrected chi connectivity index (χ1v) is 6.56. The van der Waals surface area contributed by atoms with Gasteiger partial charge < -0.3 is 9.47 Å². The molecular formula is C17H14O4. The van der Waals surface area contributed by atoms with E-state index in [1.165, 1.54) is 7.11 Å². The number of hydrogen-bond donors (Lipinski definition) is 0. The van der Waals surface area contributed by atoms with Gasteiger partial charge in [0.25, 0.3) is 0 Å². The van der Waals surface area contributed by atoms with Gasteiger partial charge in [0.05, 0.1) is 14.2 Å². The highest BCUT2D eigenvalue weighted by Gasteiger charge is 2.40. The molecule has 21 heavy (non-hydrogen) atoms. The average Bonchev–Trinajstić information content (AvgIpc) is 2.78. The zero-order valence-corrected chi connectivity index (χ0v) is 11.8. The fourth-order valence-corrected chi connectivity index (χ4v) is 2.69. The lowest BCUT2D eigenvalue weighted by atomic mass is 9.93. The molecular weight excluding hydrogens is 268 g/mol. The Morgan fingerprint density at radius 3 is 2.00 bits per heavy atom. The maximum Gasteiger partial charge on any atom is 0.178 e. The fourth-order valence-electron chi connectivity index (χ4n) is 2.69. The second-order valence-electron chi connectivity index (χ2n) is 4.81. The molecule has 3 rings (SSSR count). The highest BCUT2D eigenvalue weighted by molar-refractivity contribution is 6.29. The van der Waals surface area contributed by atoms with Gasteiger partial charge in [0.15, 0.2) is 11.6 Å². The van der Waals surface area contributed by atoms with Gasteiger partial charge in [0.2, 0.25) is 0 Å². The predicted octanol–water partition coefficient (Wildman–Crippen LogP) is 2.87. The van der Waals surface area contributed by atoms with Crippen LogP contribution in [-0.2, 0) is 0 Å². The molecule has 0 radical (unpaired) electrons. The van der Waals surface area contributed by atoms with Crippen molar-refractivity contribution >= 4 is 11.6 Å². The topological polar surface area (TPSA) is 52.6 Å². The molecule has 106 valence electrons. The molecule has 0 heterocycles. The van der Waals surface area contributed by atoms with Crippen LogP contribution in [-0.4, -0.2) is 25.8 Å². The number of hydrogen-bond acceptors (Lipinski definition) is 4. The van der Waals surface area contributed by atoms with E-state index in [9.17, 15) is 9.59 Å². The molecule has 0 aromatic heterocycles. The van der Waals surface area contributed by atoms with Crippen molar-refractivity contribution in [2.45, 2.75) is 5.92 Å². The van der Waals surface area contributed by atoms with Gasteiger partial charge in [-0.1, -0.05) is 24.3 Å². The number of benzene rings is 2. The van der Waals surface area contributed by atoms with Crippen molar-refractivity contribution in [3.05, 3.63) is 59.2 Å². The van der Waals surface area contributed by atoms with Crippen molar-refractivity contribution < 1.29 is 19.1 Å². The molecule has 2 aromatic carbocycles. The Hall–Kier alpha value is -2.62. The summed E-state index contributed by atoms with van der Waals surface area (Å²) in [5, 5.41) is 0. The third kappa shape index (κ3) is 2.00. The molecule has 0 amide bonds. The Morgan fingerprint density at radius 2 is 1.48 bits per heavy atom. The zero-order valence-electron chi connectivity index (χ0n) is 11.8. The van der Waals surface area contributed by atoms with E-state index in [2.05, 4.69) is 0 Å². The summed E-state index contributed by atoms with van der Waals surface area (Å²) in [6.45, 7) is 0. The largest absolute Gasteiger partial charge is 0.497 e. The highest BCUT2D eigenvalue weighted by atomic mass is 16.5. The molecule has 0 unspecified atom stereocenters. The third-order valence-corrected chi connectivity index (χ3v) is 3.73. The Morgan fingerprint density at radius 1 is 0.857 bits per heavy atom. The first kappa shape index (κ1) is 13.4. The Bertz CT molecular complexity index is 698. The monoisotopic (exact) mass is 282 g/mol. The standard InChI is InChI=1S/C17H14O4/c1-20-10-7-8-14(21-2)13(9-10)15-16(18)11-5-3-4-6-12(11)17(15)19/h3-9,15H,1-2H3. The van der Waals surface area contributed by atoms with Crippen LogP contribution in [0.25, 0.3) is 0 Å². The molecule has 0 saturated heterocycles. The molecule has 2 aromatic rings. The van der Waals surface area contributed by atoms with Crippen LogP contribution in [0, 0.1) is 0 Å². The molecule has 4 heteroatoms. The van der Waals surface area contributed by atoms with Crippen LogP contribution in [0.5, 0.6) is 11.5 Å². The van der Waals surface area contributed by atoms with Crippen molar-refractivity contribution in [1.82, 2.24) is 0 Å². The van der Waals surface area contributed by atoms with Crippen LogP contribution < -0.4 is 9.47 Å². The van der Waals surface area contributed by atoms with Crippen LogP contribution >= 0.6 is 0 Å². The van der Waals surface area contributed by atoms with E-state index in [0.717, 1.165) is 0 Å². The molecule has 0 bridgehead atoms.